The van der Waals surface area contributed by atoms with Gasteiger partial charge >= 0.3 is 0 Å². The Morgan fingerprint density at radius 3 is 2.32 bits per heavy atom. The van der Waals surface area contributed by atoms with Gasteiger partial charge in [-0.2, -0.15) is 0 Å². The normalized spacial score (nSPS) is 24.0. The predicted octanol–water partition coefficient (Wildman–Crippen LogP) is 3.53. The molecule has 0 spiro atoms. The number of nitrogens with zero attached hydrogens (tertiary/aromatic N) is 4. The number of alkyl halides is 2. The van der Waals surface area contributed by atoms with Crippen LogP contribution in [0.4, 0.5) is 13.2 Å². The fourth-order valence-corrected chi connectivity index (χ4v) is 5.99. The van der Waals surface area contributed by atoms with Crippen molar-refractivity contribution in [3.05, 3.63) is 58.9 Å². The zero-order chi connectivity index (χ0) is 26.3. The van der Waals surface area contributed by atoms with E-state index in [0.29, 0.717) is 60.4 Å². The second-order valence-electron chi connectivity index (χ2n) is 10.8. The Balaban J connectivity index is 1.18. The number of hydrogen-bond donors (Lipinski definition) is 1. The van der Waals surface area contributed by atoms with E-state index >= 15 is 0 Å². The summed E-state index contributed by atoms with van der Waals surface area (Å²) in [7, 11) is 0. The number of rotatable bonds is 7. The van der Waals surface area contributed by atoms with Crippen LogP contribution in [0.1, 0.15) is 52.6 Å². The van der Waals surface area contributed by atoms with Gasteiger partial charge in [0.1, 0.15) is 12.1 Å². The molecule has 3 aliphatic rings. The van der Waals surface area contributed by atoms with Gasteiger partial charge < -0.3 is 15.1 Å². The number of carbonyl (C=O) groups excluding carboxylic acids is 2. The van der Waals surface area contributed by atoms with Crippen molar-refractivity contribution in [1.29, 1.82) is 0 Å². The molecule has 2 amide bonds. The fraction of sp³-hybridized carbons (Fsp3) is 0.556. The molecule has 3 fully saturated rings. The van der Waals surface area contributed by atoms with Crippen molar-refractivity contribution in [2.24, 2.45) is 17.8 Å². The van der Waals surface area contributed by atoms with Crippen LogP contribution in [-0.4, -0.2) is 70.2 Å². The minimum Gasteiger partial charge on any atom is -0.349 e. The van der Waals surface area contributed by atoms with Gasteiger partial charge in [-0.05, 0) is 49.8 Å². The zero-order valence-electron chi connectivity index (χ0n) is 21.1. The van der Waals surface area contributed by atoms with Gasteiger partial charge in [-0.15, -0.1) is 0 Å². The molecule has 37 heavy (non-hydrogen) atoms. The lowest BCUT2D eigenvalue weighted by atomic mass is 9.80. The van der Waals surface area contributed by atoms with Gasteiger partial charge in [0.15, 0.2) is 0 Å². The summed E-state index contributed by atoms with van der Waals surface area (Å²) < 4.78 is 40.5. The molecule has 5 rings (SSSR count). The first kappa shape index (κ1) is 25.6. The number of nitrogens with one attached hydrogen (secondary N) is 1. The Labute approximate surface area is 214 Å². The third-order valence-electron chi connectivity index (χ3n) is 8.05. The smallest absolute Gasteiger partial charge is 0.257 e. The molecule has 3 atom stereocenters. The first-order valence-corrected chi connectivity index (χ1v) is 12.8. The highest BCUT2D eigenvalue weighted by Crippen LogP contribution is 2.42. The van der Waals surface area contributed by atoms with Crippen LogP contribution in [-0.2, 0) is 4.79 Å². The molecule has 7 nitrogen and oxygen atoms in total. The van der Waals surface area contributed by atoms with Crippen LogP contribution in [0.2, 0.25) is 0 Å². The van der Waals surface area contributed by atoms with E-state index < -0.39 is 42.4 Å². The van der Waals surface area contributed by atoms with E-state index in [2.05, 4.69) is 20.2 Å². The SMILES string of the molecule is Cc1ncnc(C)c1C(=O)N1CC2CN(CC[C@H](NC(=O)C3CC(F)(F)C3)c3cccc(F)c3)CC2C1. The standard InChI is InChI=1S/C27H32F3N5O2/c1-16-24(17(2)32-15-31-16)26(37)35-13-20-11-34(12-21(20)14-35)7-6-23(18-4-3-5-22(28)8-18)33-25(36)19-9-27(29,30)10-19/h3-5,8,15,19-21,23H,6-7,9-14H2,1-2H3,(H,33,36)/t20?,21?,23-/m0/s1. The largest absolute Gasteiger partial charge is 0.349 e. The van der Waals surface area contributed by atoms with Gasteiger partial charge in [0.2, 0.25) is 11.8 Å². The van der Waals surface area contributed by atoms with Crippen LogP contribution in [0.3, 0.4) is 0 Å². The van der Waals surface area contributed by atoms with Crippen molar-refractivity contribution in [2.75, 3.05) is 32.7 Å². The Bertz CT molecular complexity index is 1150. The molecule has 2 unspecified atom stereocenters. The second kappa shape index (κ2) is 10.0. The van der Waals surface area contributed by atoms with E-state index in [1.54, 1.807) is 12.1 Å². The Hall–Kier alpha value is -3.01. The predicted molar refractivity (Wildman–Crippen MR) is 130 cm³/mol. The lowest BCUT2D eigenvalue weighted by molar-refractivity contribution is -0.150. The van der Waals surface area contributed by atoms with E-state index in [1.165, 1.54) is 18.5 Å². The highest BCUT2D eigenvalue weighted by atomic mass is 19.3. The van der Waals surface area contributed by atoms with Crippen molar-refractivity contribution < 1.29 is 22.8 Å². The monoisotopic (exact) mass is 515 g/mol. The van der Waals surface area contributed by atoms with E-state index in [9.17, 15) is 22.8 Å². The van der Waals surface area contributed by atoms with Gasteiger partial charge in [0, 0.05) is 51.5 Å². The third kappa shape index (κ3) is 5.49. The topological polar surface area (TPSA) is 78.4 Å². The van der Waals surface area contributed by atoms with E-state index in [4.69, 9.17) is 0 Å². The number of carbonyl (C=O) groups is 2. The maximum Gasteiger partial charge on any atom is 0.257 e. The zero-order valence-corrected chi connectivity index (χ0v) is 21.1. The highest BCUT2D eigenvalue weighted by Gasteiger charge is 2.49. The third-order valence-corrected chi connectivity index (χ3v) is 8.05. The number of halogens is 3. The average Bonchev–Trinajstić information content (AvgIpc) is 3.39. The van der Waals surface area contributed by atoms with Crippen LogP contribution in [0.25, 0.3) is 0 Å². The second-order valence-corrected chi connectivity index (χ2v) is 10.8. The van der Waals surface area contributed by atoms with Crippen LogP contribution >= 0.6 is 0 Å². The summed E-state index contributed by atoms with van der Waals surface area (Å²) in [5.74, 6) is -3.59. The molecule has 198 valence electrons. The molecule has 2 aliphatic heterocycles. The van der Waals surface area contributed by atoms with Gasteiger partial charge in [-0.1, -0.05) is 12.1 Å². The first-order chi connectivity index (χ1) is 17.6. The highest BCUT2D eigenvalue weighted by molar-refractivity contribution is 5.96. The van der Waals surface area contributed by atoms with Gasteiger partial charge in [0.05, 0.1) is 23.0 Å². The molecule has 1 N–H and O–H groups in total. The van der Waals surface area contributed by atoms with Crippen molar-refractivity contribution in [3.8, 4) is 0 Å². The van der Waals surface area contributed by atoms with Gasteiger partial charge in [-0.25, -0.2) is 23.1 Å². The number of aryl methyl sites for hydroxylation is 2. The number of fused-ring (bicyclic) bond motifs is 1. The van der Waals surface area contributed by atoms with Gasteiger partial charge in [0.25, 0.3) is 5.91 Å². The number of benzene rings is 1. The Morgan fingerprint density at radius 2 is 1.73 bits per heavy atom. The molecule has 1 aromatic carbocycles. The molecular weight excluding hydrogens is 483 g/mol. The first-order valence-electron chi connectivity index (χ1n) is 12.8. The number of amides is 2. The summed E-state index contributed by atoms with van der Waals surface area (Å²) in [6, 6.07) is 5.62. The van der Waals surface area contributed by atoms with Crippen LogP contribution in [0.15, 0.2) is 30.6 Å². The summed E-state index contributed by atoms with van der Waals surface area (Å²) in [4.78, 5) is 38.3. The lowest BCUT2D eigenvalue weighted by Crippen LogP contribution is -2.46. The fourth-order valence-electron chi connectivity index (χ4n) is 5.99. The van der Waals surface area contributed by atoms with Crippen LogP contribution < -0.4 is 5.32 Å². The number of aromatic nitrogens is 2. The molecular formula is C27H32F3N5O2. The molecule has 2 aromatic rings. The van der Waals surface area contributed by atoms with Crippen molar-refractivity contribution in [2.45, 2.75) is 45.1 Å². The summed E-state index contributed by atoms with van der Waals surface area (Å²) in [6.07, 6.45) is 1.14. The lowest BCUT2D eigenvalue weighted by Gasteiger charge is -2.35. The van der Waals surface area contributed by atoms with Crippen molar-refractivity contribution in [3.63, 3.8) is 0 Å². The molecule has 3 heterocycles. The van der Waals surface area contributed by atoms with Crippen molar-refractivity contribution >= 4 is 11.8 Å². The van der Waals surface area contributed by atoms with E-state index in [0.717, 1.165) is 13.1 Å². The molecule has 0 radical (unpaired) electrons. The maximum absolute atomic E-state index is 13.9. The number of hydrogen-bond acceptors (Lipinski definition) is 5. The minimum absolute atomic E-state index is 0.0213. The van der Waals surface area contributed by atoms with Gasteiger partial charge in [-0.3, -0.25) is 9.59 Å². The molecule has 1 aliphatic carbocycles. The summed E-state index contributed by atoms with van der Waals surface area (Å²) >= 11 is 0. The summed E-state index contributed by atoms with van der Waals surface area (Å²) in [5, 5.41) is 2.89. The molecule has 10 heteroatoms. The quantitative estimate of drug-likeness (QED) is 0.611. The van der Waals surface area contributed by atoms with Crippen molar-refractivity contribution in [1.82, 2.24) is 25.1 Å². The molecule has 0 bridgehead atoms. The Kier molecular flexibility index (Phi) is 6.95. The maximum atomic E-state index is 13.9. The van der Waals surface area contributed by atoms with Crippen LogP contribution in [0.5, 0.6) is 0 Å². The summed E-state index contributed by atoms with van der Waals surface area (Å²) in [6.45, 7) is 7.33. The Morgan fingerprint density at radius 1 is 1.08 bits per heavy atom. The molecule has 1 aromatic heterocycles. The molecule has 1 saturated carbocycles. The average molecular weight is 516 g/mol. The molecule has 2 saturated heterocycles. The number of likely N-dealkylation sites (tertiary alicyclic amines) is 2. The minimum atomic E-state index is -2.77. The van der Waals surface area contributed by atoms with Crippen LogP contribution in [0, 0.1) is 37.4 Å². The summed E-state index contributed by atoms with van der Waals surface area (Å²) in [5.41, 5.74) is 2.59. The van der Waals surface area contributed by atoms with E-state index in [1.807, 2.05) is 18.7 Å². The van der Waals surface area contributed by atoms with E-state index in [-0.39, 0.29) is 5.91 Å².